The van der Waals surface area contributed by atoms with E-state index in [1.54, 1.807) is 0 Å². The molecule has 4 fully saturated rings. The molecule has 32 heavy (non-hydrogen) atoms. The van der Waals surface area contributed by atoms with Crippen molar-refractivity contribution < 1.29 is 25.5 Å². The van der Waals surface area contributed by atoms with E-state index in [0.717, 1.165) is 44.9 Å². The molecule has 4 aliphatic carbocycles. The summed E-state index contributed by atoms with van der Waals surface area (Å²) in [6, 6.07) is 0. The summed E-state index contributed by atoms with van der Waals surface area (Å²) >= 11 is 0. The lowest BCUT2D eigenvalue weighted by atomic mass is 9.43. The fraction of sp³-hybridized carbons (Fsp3) is 1.00. The van der Waals surface area contributed by atoms with E-state index in [1.807, 2.05) is 13.8 Å². The molecule has 4 rings (SSSR count). The Morgan fingerprint density at radius 3 is 2.09 bits per heavy atom. The Morgan fingerprint density at radius 1 is 0.781 bits per heavy atom. The maximum atomic E-state index is 11.3. The topological polar surface area (TPSA) is 101 Å². The standard InChI is InChI=1S/C27H48O5/c1-14(2)25(32)23(31)10-15(3)24-22(30)13-19-17-12-21(29)20-11-16(28)6-8-26(20,4)18(17)7-9-27(19,24)5/h14-25,28-32H,6-13H2,1-5H3/t15-,16+,17-,18+,19-,20-,21-,22+,23-,24+,25+,26-,27+/m1/s1. The van der Waals surface area contributed by atoms with E-state index < -0.39 is 18.3 Å². The third kappa shape index (κ3) is 3.88. The van der Waals surface area contributed by atoms with Crippen LogP contribution in [-0.2, 0) is 0 Å². The van der Waals surface area contributed by atoms with Crippen LogP contribution in [0, 0.1) is 52.3 Å². The predicted octanol–water partition coefficient (Wildman–Crippen LogP) is 3.35. The molecule has 0 heterocycles. The first-order valence-electron chi connectivity index (χ1n) is 13.3. The Bertz CT molecular complexity index is 668. The van der Waals surface area contributed by atoms with Gasteiger partial charge in [-0.25, -0.2) is 0 Å². The minimum Gasteiger partial charge on any atom is -0.393 e. The maximum absolute atomic E-state index is 11.3. The second-order valence-electron chi connectivity index (χ2n) is 13.1. The molecule has 13 atom stereocenters. The quantitative estimate of drug-likeness (QED) is 0.440. The molecular weight excluding hydrogens is 404 g/mol. The predicted molar refractivity (Wildman–Crippen MR) is 125 cm³/mol. The molecule has 0 unspecified atom stereocenters. The zero-order valence-electron chi connectivity index (χ0n) is 20.8. The second-order valence-corrected chi connectivity index (χ2v) is 13.1. The van der Waals surface area contributed by atoms with Gasteiger partial charge in [0.1, 0.15) is 0 Å². The van der Waals surface area contributed by atoms with E-state index in [2.05, 4.69) is 20.8 Å². The Morgan fingerprint density at radius 2 is 1.44 bits per heavy atom. The van der Waals surface area contributed by atoms with E-state index in [-0.39, 0.29) is 46.7 Å². The molecule has 0 aromatic rings. The molecule has 5 nitrogen and oxygen atoms in total. The molecule has 4 saturated carbocycles. The van der Waals surface area contributed by atoms with Crippen LogP contribution in [0.15, 0.2) is 0 Å². The lowest BCUT2D eigenvalue weighted by Crippen LogP contribution is -2.58. The molecule has 5 heteroatoms. The summed E-state index contributed by atoms with van der Waals surface area (Å²) in [7, 11) is 0. The minimum absolute atomic E-state index is 0.000396. The van der Waals surface area contributed by atoms with Gasteiger partial charge in [-0.1, -0.05) is 34.6 Å². The lowest BCUT2D eigenvalue weighted by Gasteiger charge is -2.62. The van der Waals surface area contributed by atoms with E-state index in [9.17, 15) is 25.5 Å². The second kappa shape index (κ2) is 8.78. The summed E-state index contributed by atoms with van der Waals surface area (Å²) in [4.78, 5) is 0. The summed E-state index contributed by atoms with van der Waals surface area (Å²) in [5.41, 5.74) is 0.0781. The van der Waals surface area contributed by atoms with Gasteiger partial charge < -0.3 is 25.5 Å². The highest BCUT2D eigenvalue weighted by Gasteiger charge is 2.64. The number of rotatable bonds is 5. The zero-order valence-corrected chi connectivity index (χ0v) is 20.8. The molecule has 0 aromatic carbocycles. The van der Waals surface area contributed by atoms with Gasteiger partial charge in [-0.2, -0.15) is 0 Å². The van der Waals surface area contributed by atoms with E-state index in [0.29, 0.717) is 24.2 Å². The Kier molecular flexibility index (Phi) is 6.84. The first-order chi connectivity index (χ1) is 14.9. The van der Waals surface area contributed by atoms with Gasteiger partial charge in [-0.3, -0.25) is 0 Å². The van der Waals surface area contributed by atoms with Crippen LogP contribution in [0.3, 0.4) is 0 Å². The smallest absolute Gasteiger partial charge is 0.0822 e. The normalized spacial score (nSPS) is 51.5. The highest BCUT2D eigenvalue weighted by atomic mass is 16.3. The van der Waals surface area contributed by atoms with E-state index >= 15 is 0 Å². The lowest BCUT2D eigenvalue weighted by molar-refractivity contribution is -0.173. The SMILES string of the molecule is CC(C)[C@H](O)[C@H](O)C[C@@H](C)[C@H]1[C@@H](O)C[C@@H]2[C@@H]3C[C@@H](O)[C@H]4C[C@@H](O)CC[C@]4(C)[C@H]3CC[C@]12C. The van der Waals surface area contributed by atoms with Gasteiger partial charge in [-0.15, -0.1) is 0 Å². The van der Waals surface area contributed by atoms with Crippen molar-refractivity contribution in [3.8, 4) is 0 Å². The van der Waals surface area contributed by atoms with Crippen molar-refractivity contribution >= 4 is 0 Å². The molecule has 0 bridgehead atoms. The van der Waals surface area contributed by atoms with Gasteiger partial charge in [0.25, 0.3) is 0 Å². The molecule has 0 saturated heterocycles. The third-order valence-corrected chi connectivity index (χ3v) is 11.1. The van der Waals surface area contributed by atoms with Crippen LogP contribution in [0.5, 0.6) is 0 Å². The van der Waals surface area contributed by atoms with Crippen LogP contribution >= 0.6 is 0 Å². The Labute approximate surface area is 194 Å². The van der Waals surface area contributed by atoms with Crippen molar-refractivity contribution in [3.63, 3.8) is 0 Å². The molecule has 0 amide bonds. The fourth-order valence-electron chi connectivity index (χ4n) is 9.47. The van der Waals surface area contributed by atoms with Crippen LogP contribution in [0.1, 0.15) is 86.0 Å². The highest BCUT2D eigenvalue weighted by molar-refractivity contribution is 5.13. The average molecular weight is 453 g/mol. The Hall–Kier alpha value is -0.200. The van der Waals surface area contributed by atoms with Crippen molar-refractivity contribution in [2.45, 2.75) is 117 Å². The number of hydrogen-bond acceptors (Lipinski definition) is 5. The number of aliphatic hydroxyl groups excluding tert-OH is 5. The van der Waals surface area contributed by atoms with Crippen molar-refractivity contribution in [2.24, 2.45) is 52.3 Å². The van der Waals surface area contributed by atoms with Crippen LogP contribution in [0.4, 0.5) is 0 Å². The molecule has 5 N–H and O–H groups in total. The minimum atomic E-state index is -0.763. The first-order valence-corrected chi connectivity index (χ1v) is 13.3. The maximum Gasteiger partial charge on any atom is 0.0822 e. The van der Waals surface area contributed by atoms with Crippen LogP contribution in [0.25, 0.3) is 0 Å². The molecule has 0 radical (unpaired) electrons. The largest absolute Gasteiger partial charge is 0.393 e. The van der Waals surface area contributed by atoms with Gasteiger partial charge >= 0.3 is 0 Å². The molecule has 4 aliphatic rings. The van der Waals surface area contributed by atoms with Gasteiger partial charge in [0.05, 0.1) is 30.5 Å². The highest BCUT2D eigenvalue weighted by Crippen LogP contribution is 2.68. The van der Waals surface area contributed by atoms with Crippen LogP contribution in [0.2, 0.25) is 0 Å². The Balaban J connectivity index is 1.55. The number of aliphatic hydroxyl groups is 5. The average Bonchev–Trinajstić information content (AvgIpc) is 2.99. The zero-order chi connectivity index (χ0) is 23.6. The monoisotopic (exact) mass is 452 g/mol. The molecule has 186 valence electrons. The van der Waals surface area contributed by atoms with Crippen molar-refractivity contribution in [1.29, 1.82) is 0 Å². The molecular formula is C27H48O5. The molecule has 0 aromatic heterocycles. The van der Waals surface area contributed by atoms with E-state index in [1.165, 1.54) is 0 Å². The summed E-state index contributed by atoms with van der Waals surface area (Å²) in [5.74, 6) is 1.78. The third-order valence-electron chi connectivity index (χ3n) is 11.1. The van der Waals surface area contributed by atoms with Gasteiger partial charge in [0.15, 0.2) is 0 Å². The van der Waals surface area contributed by atoms with Crippen LogP contribution < -0.4 is 0 Å². The summed E-state index contributed by atoms with van der Waals surface area (Å²) < 4.78 is 0. The van der Waals surface area contributed by atoms with Crippen molar-refractivity contribution in [2.75, 3.05) is 0 Å². The van der Waals surface area contributed by atoms with Gasteiger partial charge in [0.2, 0.25) is 0 Å². The van der Waals surface area contributed by atoms with E-state index in [4.69, 9.17) is 0 Å². The van der Waals surface area contributed by atoms with Crippen molar-refractivity contribution in [3.05, 3.63) is 0 Å². The first kappa shape index (κ1) is 24.9. The summed E-state index contributed by atoms with van der Waals surface area (Å²) in [5, 5.41) is 53.6. The summed E-state index contributed by atoms with van der Waals surface area (Å²) in [6.45, 7) is 10.7. The fourth-order valence-corrected chi connectivity index (χ4v) is 9.47. The summed E-state index contributed by atoms with van der Waals surface area (Å²) in [6.07, 6.45) is 4.31. The van der Waals surface area contributed by atoms with Crippen LogP contribution in [-0.4, -0.2) is 56.1 Å². The number of fused-ring (bicyclic) bond motifs is 5. The van der Waals surface area contributed by atoms with Crippen molar-refractivity contribution in [1.82, 2.24) is 0 Å². The number of hydrogen-bond donors (Lipinski definition) is 5. The molecule has 0 spiro atoms. The molecule has 0 aliphatic heterocycles. The van der Waals surface area contributed by atoms with Gasteiger partial charge in [-0.05, 0) is 104 Å². The van der Waals surface area contributed by atoms with Gasteiger partial charge in [0, 0.05) is 0 Å².